The molecule has 0 radical (unpaired) electrons. The van der Waals surface area contributed by atoms with Crippen LogP contribution in [0.2, 0.25) is 0 Å². The van der Waals surface area contributed by atoms with Crippen LogP contribution in [0, 0.1) is 4.77 Å². The number of aliphatic hydroxyl groups is 3. The lowest BCUT2D eigenvalue weighted by atomic mass is 9.96. The Morgan fingerprint density at radius 1 is 1.11 bits per heavy atom. The molecule has 0 saturated carbocycles. The number of aromatic nitrogens is 2. The third-order valence-electron chi connectivity index (χ3n) is 8.13. The van der Waals surface area contributed by atoms with Gasteiger partial charge in [0.25, 0.3) is 5.56 Å². The highest BCUT2D eigenvalue weighted by atomic mass is 32.1. The molecule has 45 heavy (non-hydrogen) atoms. The smallest absolute Gasteiger partial charge is 0.391 e. The van der Waals surface area contributed by atoms with Gasteiger partial charge in [-0.05, 0) is 25.6 Å². The maximum Gasteiger partial charge on any atom is 0.472 e. The van der Waals surface area contributed by atoms with Gasteiger partial charge in [-0.15, -0.1) is 0 Å². The van der Waals surface area contributed by atoms with Crippen LogP contribution in [0.5, 0.6) is 0 Å². The summed E-state index contributed by atoms with van der Waals surface area (Å²) in [7, 11) is -4.73. The molecule has 13 nitrogen and oxygen atoms in total. The predicted octanol–water partition coefficient (Wildman–Crippen LogP) is 4.40. The number of carbonyl (C=O) groups is 1. The van der Waals surface area contributed by atoms with Crippen molar-refractivity contribution in [3.8, 4) is 0 Å². The fourth-order valence-corrected chi connectivity index (χ4v) is 6.47. The van der Waals surface area contributed by atoms with E-state index in [1.165, 1.54) is 88.5 Å². The molecule has 1 amide bonds. The number of phosphoric acid groups is 1. The topological polar surface area (TPSA) is 193 Å². The number of carbonyl (C=O) groups excluding carboxylic acids is 1. The van der Waals surface area contributed by atoms with Crippen molar-refractivity contribution in [2.45, 2.75) is 147 Å². The van der Waals surface area contributed by atoms with Crippen molar-refractivity contribution in [2.24, 2.45) is 0 Å². The minimum Gasteiger partial charge on any atom is -0.391 e. The lowest BCUT2D eigenvalue weighted by Gasteiger charge is -2.28. The Morgan fingerprint density at radius 2 is 1.67 bits per heavy atom. The first-order valence-electron chi connectivity index (χ1n) is 16.2. The molecule has 260 valence electrons. The third kappa shape index (κ3) is 14.0. The van der Waals surface area contributed by atoms with E-state index in [9.17, 15) is 34.4 Å². The molecular weight excluding hydrogens is 625 g/mol. The van der Waals surface area contributed by atoms with E-state index in [1.807, 2.05) is 0 Å². The Hall–Kier alpha value is -1.48. The van der Waals surface area contributed by atoms with E-state index in [0.29, 0.717) is 6.42 Å². The lowest BCUT2D eigenvalue weighted by molar-refractivity contribution is -0.121. The van der Waals surface area contributed by atoms with Crippen LogP contribution < -0.4 is 10.9 Å². The maximum absolute atomic E-state index is 12.6. The Bertz CT molecular complexity index is 1180. The monoisotopic (exact) mass is 679 g/mol. The van der Waals surface area contributed by atoms with Crippen molar-refractivity contribution < 1.29 is 43.4 Å². The van der Waals surface area contributed by atoms with E-state index in [-0.39, 0.29) is 4.77 Å². The normalized spacial score (nSPS) is 24.3. The minimum atomic E-state index is -4.73. The van der Waals surface area contributed by atoms with Crippen LogP contribution in [0.4, 0.5) is 0 Å². The first-order valence-corrected chi connectivity index (χ1v) is 18.1. The second-order valence-electron chi connectivity index (χ2n) is 12.2. The summed E-state index contributed by atoms with van der Waals surface area (Å²) in [5.74, 6) is -0.432. The summed E-state index contributed by atoms with van der Waals surface area (Å²) in [6.07, 6.45) is 12.2. The number of aromatic amines is 1. The highest BCUT2D eigenvalue weighted by molar-refractivity contribution is 7.71. The first kappa shape index (κ1) is 39.7. The zero-order valence-corrected chi connectivity index (χ0v) is 28.6. The molecule has 1 aromatic heterocycles. The molecule has 6 N–H and O–H groups in total. The van der Waals surface area contributed by atoms with E-state index in [4.69, 9.17) is 26.0 Å². The first-order chi connectivity index (χ1) is 21.3. The van der Waals surface area contributed by atoms with Gasteiger partial charge in [0, 0.05) is 19.2 Å². The van der Waals surface area contributed by atoms with Gasteiger partial charge in [-0.1, -0.05) is 90.4 Å². The Labute approximate surface area is 271 Å². The average Bonchev–Trinajstić information content (AvgIpc) is 3.19. The molecule has 0 aliphatic carbocycles. The Kier molecular flexibility index (Phi) is 17.7. The Morgan fingerprint density at radius 3 is 2.20 bits per heavy atom. The van der Waals surface area contributed by atoms with Gasteiger partial charge in [0.1, 0.15) is 17.8 Å². The number of ether oxygens (including phenoxy) is 1. The highest BCUT2D eigenvalue weighted by Crippen LogP contribution is 2.46. The molecule has 0 aromatic carbocycles. The molecule has 2 heterocycles. The summed E-state index contributed by atoms with van der Waals surface area (Å²) in [6.45, 7) is 3.67. The number of nitrogens with one attached hydrogen (secondary N) is 2. The average molecular weight is 680 g/mol. The van der Waals surface area contributed by atoms with E-state index >= 15 is 0 Å². The third-order valence-corrected chi connectivity index (χ3v) is 9.40. The van der Waals surface area contributed by atoms with Gasteiger partial charge in [-0.2, -0.15) is 0 Å². The van der Waals surface area contributed by atoms with Crippen molar-refractivity contribution in [3.05, 3.63) is 27.4 Å². The van der Waals surface area contributed by atoms with Crippen LogP contribution in [0.3, 0.4) is 0 Å². The van der Waals surface area contributed by atoms with Crippen molar-refractivity contribution in [1.29, 1.82) is 0 Å². The summed E-state index contributed by atoms with van der Waals surface area (Å²) in [4.78, 5) is 35.9. The second-order valence-corrected chi connectivity index (χ2v) is 14.0. The van der Waals surface area contributed by atoms with E-state index in [1.54, 1.807) is 0 Å². The van der Waals surface area contributed by atoms with Crippen LogP contribution in [0.25, 0.3) is 0 Å². The molecule has 15 heteroatoms. The van der Waals surface area contributed by atoms with Gasteiger partial charge < -0.3 is 30.3 Å². The predicted molar refractivity (Wildman–Crippen MR) is 172 cm³/mol. The maximum atomic E-state index is 12.6. The van der Waals surface area contributed by atoms with Gasteiger partial charge in [0.05, 0.1) is 25.4 Å². The van der Waals surface area contributed by atoms with Crippen molar-refractivity contribution in [3.63, 3.8) is 0 Å². The van der Waals surface area contributed by atoms with Gasteiger partial charge >= 0.3 is 7.82 Å². The standard InChI is InChI=1S/C30H54N3O10PS/c1-4-5-6-7-8-9-10-11-12-13-14-15-16-17-24(35)23(31-22(2)34)20-41-44(39,40)42-21-25-27(37)30(3,38)28(43-25)33-19-18-26(36)32-29(33)45/h18-19,23-25,27-28,35,37-38H,4-17,20-21H2,1-3H3,(H,31,34)(H,39,40)(H,32,36,45)/t23-,24+,25+,27-,28+,30?/m0/s1. The van der Waals surface area contributed by atoms with Gasteiger partial charge in [0.2, 0.25) is 5.91 Å². The molecule has 0 spiro atoms. The molecule has 7 atom stereocenters. The molecule has 2 unspecified atom stereocenters. The quantitative estimate of drug-likeness (QED) is 0.0546. The summed E-state index contributed by atoms with van der Waals surface area (Å²) in [6, 6.07) is 0.226. The molecule has 0 bridgehead atoms. The zero-order chi connectivity index (χ0) is 33.5. The number of H-pyrrole nitrogens is 1. The van der Waals surface area contributed by atoms with Crippen molar-refractivity contribution in [2.75, 3.05) is 13.2 Å². The zero-order valence-electron chi connectivity index (χ0n) is 26.9. The number of amides is 1. The van der Waals surface area contributed by atoms with Crippen LogP contribution in [-0.2, 0) is 23.1 Å². The number of nitrogens with zero attached hydrogens (tertiary/aromatic N) is 1. The number of unbranched alkanes of at least 4 members (excludes halogenated alkanes) is 12. The van der Waals surface area contributed by atoms with Gasteiger partial charge in [0.15, 0.2) is 11.0 Å². The minimum absolute atomic E-state index is 0.0564. The highest BCUT2D eigenvalue weighted by Gasteiger charge is 2.53. The second kappa shape index (κ2) is 20.0. The van der Waals surface area contributed by atoms with E-state index in [0.717, 1.165) is 25.7 Å². The Balaban J connectivity index is 1.74. The number of hydrogen-bond donors (Lipinski definition) is 6. The molecule has 2 rings (SSSR count). The largest absolute Gasteiger partial charge is 0.472 e. The van der Waals surface area contributed by atoms with Crippen molar-refractivity contribution >= 4 is 25.9 Å². The number of aliphatic hydroxyl groups excluding tert-OH is 2. The number of rotatable bonds is 23. The van der Waals surface area contributed by atoms with Crippen LogP contribution in [-0.4, -0.2) is 78.8 Å². The number of phosphoric ester groups is 1. The SMILES string of the molecule is CCCCCCCCCCCCCCC[C@@H](O)[C@H](COP(=O)(O)OC[C@H]1O[C@@H](n2ccc(=O)[nH]c2=S)C(C)(O)[C@H]1O)NC(C)=O. The van der Waals surface area contributed by atoms with Gasteiger partial charge in [-0.25, -0.2) is 4.57 Å². The summed E-state index contributed by atoms with van der Waals surface area (Å²) >= 11 is 5.11. The van der Waals surface area contributed by atoms with Gasteiger partial charge in [-0.3, -0.25) is 28.2 Å². The van der Waals surface area contributed by atoms with E-state index < -0.39 is 68.7 Å². The molecule has 1 fully saturated rings. The summed E-state index contributed by atoms with van der Waals surface area (Å²) in [5.41, 5.74) is -2.35. The van der Waals surface area contributed by atoms with Crippen molar-refractivity contribution in [1.82, 2.24) is 14.9 Å². The number of hydrogen-bond acceptors (Lipinski definition) is 10. The van der Waals surface area contributed by atoms with Crippen LogP contribution >= 0.6 is 20.0 Å². The van der Waals surface area contributed by atoms with Crippen LogP contribution in [0.15, 0.2) is 17.1 Å². The fourth-order valence-electron chi connectivity index (χ4n) is 5.45. The van der Waals surface area contributed by atoms with Crippen LogP contribution in [0.1, 0.15) is 117 Å². The molecule has 1 saturated heterocycles. The molecule has 1 aliphatic rings. The fraction of sp³-hybridized carbons (Fsp3) is 0.833. The molecule has 1 aromatic rings. The summed E-state index contributed by atoms with van der Waals surface area (Å²) in [5, 5.41) is 34.7. The molecule has 1 aliphatic heterocycles. The molecular formula is C30H54N3O10PS. The van der Waals surface area contributed by atoms with E-state index in [2.05, 4.69) is 17.2 Å². The lowest BCUT2D eigenvalue weighted by Crippen LogP contribution is -2.45. The summed E-state index contributed by atoms with van der Waals surface area (Å²) < 4.78 is 29.6.